The van der Waals surface area contributed by atoms with Crippen molar-refractivity contribution >= 4 is 11.9 Å². The number of hydrogen-bond acceptors (Lipinski definition) is 4. The summed E-state index contributed by atoms with van der Waals surface area (Å²) in [6.07, 6.45) is 8.69. The standard InChI is InChI=1S/C16H25N3S/c1-5-15(18-20-4)12-14(2)13-19-10-7-16(3,6-9-17)8-11-19/h5,12,18H,1-2,6-8,10-11,13H2,3-4H3/b15-12+. The second-order valence-corrected chi connectivity index (χ2v) is 6.30. The van der Waals surface area contributed by atoms with Gasteiger partial charge in [-0.05, 0) is 49.1 Å². The Balaban J connectivity index is 2.46. The summed E-state index contributed by atoms with van der Waals surface area (Å²) >= 11 is 1.55. The Kier molecular flexibility index (Phi) is 6.90. The Labute approximate surface area is 127 Å². The highest BCUT2D eigenvalue weighted by Gasteiger charge is 2.29. The fraction of sp³-hybridized carbons (Fsp3) is 0.562. The molecule has 0 aromatic heterocycles. The van der Waals surface area contributed by atoms with Crippen LogP contribution in [0.1, 0.15) is 26.2 Å². The normalized spacial score (nSPS) is 19.1. The van der Waals surface area contributed by atoms with Crippen LogP contribution in [0.3, 0.4) is 0 Å². The fourth-order valence-electron chi connectivity index (χ4n) is 2.42. The topological polar surface area (TPSA) is 39.1 Å². The van der Waals surface area contributed by atoms with Crippen LogP contribution >= 0.6 is 11.9 Å². The van der Waals surface area contributed by atoms with Crippen molar-refractivity contribution in [2.75, 3.05) is 25.9 Å². The van der Waals surface area contributed by atoms with Crippen LogP contribution in [0.5, 0.6) is 0 Å². The van der Waals surface area contributed by atoms with Crippen molar-refractivity contribution in [2.24, 2.45) is 5.41 Å². The molecule has 20 heavy (non-hydrogen) atoms. The van der Waals surface area contributed by atoms with Gasteiger partial charge in [-0.2, -0.15) is 5.26 Å². The van der Waals surface area contributed by atoms with Crippen molar-refractivity contribution in [3.05, 3.63) is 36.6 Å². The van der Waals surface area contributed by atoms with E-state index in [1.165, 1.54) is 0 Å². The predicted molar refractivity (Wildman–Crippen MR) is 88.1 cm³/mol. The van der Waals surface area contributed by atoms with Gasteiger partial charge in [0.25, 0.3) is 0 Å². The first-order valence-corrected chi connectivity index (χ1v) is 8.16. The Morgan fingerprint density at radius 2 is 2.15 bits per heavy atom. The largest absolute Gasteiger partial charge is 0.330 e. The van der Waals surface area contributed by atoms with Crippen LogP contribution in [0.4, 0.5) is 0 Å². The van der Waals surface area contributed by atoms with Gasteiger partial charge in [0.1, 0.15) is 0 Å². The highest BCUT2D eigenvalue weighted by atomic mass is 32.2. The molecule has 3 nitrogen and oxygen atoms in total. The summed E-state index contributed by atoms with van der Waals surface area (Å²) in [6, 6.07) is 2.31. The van der Waals surface area contributed by atoms with Crippen molar-refractivity contribution in [2.45, 2.75) is 26.2 Å². The number of rotatable bonds is 7. The first-order chi connectivity index (χ1) is 9.53. The molecule has 1 aliphatic rings. The van der Waals surface area contributed by atoms with E-state index in [1.54, 1.807) is 11.9 Å². The van der Waals surface area contributed by atoms with E-state index in [0.717, 1.165) is 43.7 Å². The third-order valence-electron chi connectivity index (χ3n) is 3.80. The molecule has 1 fully saturated rings. The van der Waals surface area contributed by atoms with Crippen molar-refractivity contribution < 1.29 is 0 Å². The number of nitrogens with zero attached hydrogens (tertiary/aromatic N) is 2. The van der Waals surface area contributed by atoms with Gasteiger partial charge in [0, 0.05) is 24.9 Å². The minimum atomic E-state index is 0.203. The third-order valence-corrected chi connectivity index (χ3v) is 4.23. The molecule has 0 amide bonds. The zero-order valence-corrected chi connectivity index (χ0v) is 13.4. The summed E-state index contributed by atoms with van der Waals surface area (Å²) in [5.41, 5.74) is 2.29. The van der Waals surface area contributed by atoms with Crippen LogP contribution in [0.25, 0.3) is 0 Å². The molecule has 1 heterocycles. The first-order valence-electron chi connectivity index (χ1n) is 6.93. The Bertz CT molecular complexity index is 412. The summed E-state index contributed by atoms with van der Waals surface area (Å²) < 4.78 is 3.17. The van der Waals surface area contributed by atoms with Gasteiger partial charge in [-0.25, -0.2) is 0 Å². The van der Waals surface area contributed by atoms with Gasteiger partial charge in [-0.3, -0.25) is 4.90 Å². The summed E-state index contributed by atoms with van der Waals surface area (Å²) in [6.45, 7) is 13.1. The highest BCUT2D eigenvalue weighted by Crippen LogP contribution is 2.34. The molecule has 0 aromatic carbocycles. The van der Waals surface area contributed by atoms with E-state index in [-0.39, 0.29) is 5.41 Å². The molecule has 0 atom stereocenters. The van der Waals surface area contributed by atoms with Crippen LogP contribution < -0.4 is 4.72 Å². The smallest absolute Gasteiger partial charge is 0.0627 e. The fourth-order valence-corrected chi connectivity index (χ4v) is 2.80. The molecular weight excluding hydrogens is 266 g/mol. The van der Waals surface area contributed by atoms with E-state index in [9.17, 15) is 0 Å². The van der Waals surface area contributed by atoms with Crippen LogP contribution in [0, 0.1) is 16.7 Å². The molecule has 1 N–H and O–H groups in total. The minimum Gasteiger partial charge on any atom is -0.330 e. The second-order valence-electron chi connectivity index (χ2n) is 5.69. The van der Waals surface area contributed by atoms with Gasteiger partial charge in [0.2, 0.25) is 0 Å². The highest BCUT2D eigenvalue weighted by molar-refractivity contribution is 7.96. The van der Waals surface area contributed by atoms with Crippen molar-refractivity contribution in [3.63, 3.8) is 0 Å². The molecule has 110 valence electrons. The zero-order valence-electron chi connectivity index (χ0n) is 12.6. The van der Waals surface area contributed by atoms with Gasteiger partial charge in [0.05, 0.1) is 6.07 Å². The number of hydrogen-bond donors (Lipinski definition) is 1. The van der Waals surface area contributed by atoms with Gasteiger partial charge in [-0.15, -0.1) is 0 Å². The lowest BCUT2D eigenvalue weighted by Gasteiger charge is -2.38. The van der Waals surface area contributed by atoms with Crippen LogP contribution in [0.15, 0.2) is 36.6 Å². The summed E-state index contributed by atoms with van der Waals surface area (Å²) in [5.74, 6) is 0. The maximum atomic E-state index is 8.87. The van der Waals surface area contributed by atoms with Crippen molar-refractivity contribution in [3.8, 4) is 6.07 Å². The number of allylic oxidation sites excluding steroid dienone is 1. The molecule has 0 unspecified atom stereocenters. The van der Waals surface area contributed by atoms with E-state index in [0.29, 0.717) is 6.42 Å². The molecule has 0 spiro atoms. The molecular formula is C16H25N3S. The van der Waals surface area contributed by atoms with Gasteiger partial charge < -0.3 is 4.72 Å². The van der Waals surface area contributed by atoms with Gasteiger partial charge in [-0.1, -0.05) is 32.0 Å². The lowest BCUT2D eigenvalue weighted by Crippen LogP contribution is -2.39. The lowest BCUT2D eigenvalue weighted by molar-refractivity contribution is 0.130. The SMILES string of the molecule is C=C/C(=C\C(=C)CN1CCC(C)(CC#N)CC1)NSC. The Morgan fingerprint density at radius 3 is 2.65 bits per heavy atom. The first kappa shape index (κ1) is 16.9. The summed E-state index contributed by atoms with van der Waals surface area (Å²) in [5, 5.41) is 8.87. The number of nitriles is 1. The van der Waals surface area contributed by atoms with Gasteiger partial charge >= 0.3 is 0 Å². The average molecular weight is 291 g/mol. The quantitative estimate of drug-likeness (QED) is 0.575. The van der Waals surface area contributed by atoms with E-state index in [2.05, 4.69) is 35.8 Å². The molecule has 0 aliphatic carbocycles. The lowest BCUT2D eigenvalue weighted by atomic mass is 9.78. The predicted octanol–water partition coefficient (Wildman–Crippen LogP) is 3.50. The molecule has 0 bridgehead atoms. The van der Waals surface area contributed by atoms with E-state index in [1.807, 2.05) is 18.4 Å². The molecule has 4 heteroatoms. The molecule has 0 radical (unpaired) electrons. The van der Waals surface area contributed by atoms with Crippen LogP contribution in [0.2, 0.25) is 0 Å². The molecule has 1 aliphatic heterocycles. The second kappa shape index (κ2) is 8.18. The molecule has 0 saturated carbocycles. The van der Waals surface area contributed by atoms with Gasteiger partial charge in [0.15, 0.2) is 0 Å². The summed E-state index contributed by atoms with van der Waals surface area (Å²) in [4.78, 5) is 2.41. The van der Waals surface area contributed by atoms with Crippen molar-refractivity contribution in [1.29, 1.82) is 5.26 Å². The molecule has 1 saturated heterocycles. The Morgan fingerprint density at radius 1 is 1.50 bits per heavy atom. The van der Waals surface area contributed by atoms with E-state index in [4.69, 9.17) is 5.26 Å². The monoisotopic (exact) mass is 291 g/mol. The zero-order chi connectivity index (χ0) is 15.0. The number of likely N-dealkylation sites (tertiary alicyclic amines) is 1. The number of piperidine rings is 1. The maximum Gasteiger partial charge on any atom is 0.0627 e. The minimum absolute atomic E-state index is 0.203. The Hall–Kier alpha value is -1.18. The third kappa shape index (κ3) is 5.44. The maximum absolute atomic E-state index is 8.87. The van der Waals surface area contributed by atoms with E-state index >= 15 is 0 Å². The number of nitrogens with one attached hydrogen (secondary N) is 1. The molecule has 0 aromatic rings. The molecule has 1 rings (SSSR count). The van der Waals surface area contributed by atoms with Crippen molar-refractivity contribution in [1.82, 2.24) is 9.62 Å². The van der Waals surface area contributed by atoms with Crippen LogP contribution in [-0.4, -0.2) is 30.8 Å². The average Bonchev–Trinajstić information content (AvgIpc) is 2.41. The van der Waals surface area contributed by atoms with E-state index < -0.39 is 0 Å². The van der Waals surface area contributed by atoms with Crippen LogP contribution in [-0.2, 0) is 0 Å². The summed E-state index contributed by atoms with van der Waals surface area (Å²) in [7, 11) is 0.